The summed E-state index contributed by atoms with van der Waals surface area (Å²) in [6, 6.07) is 15.5. The molecule has 3 aromatic rings. The number of hydrogen-bond acceptors (Lipinski definition) is 5. The van der Waals surface area contributed by atoms with Crippen molar-refractivity contribution in [2.75, 3.05) is 6.61 Å². The fraction of sp³-hybridized carbons (Fsp3) is 0.280. The maximum absolute atomic E-state index is 13.0. The maximum Gasteiger partial charge on any atom is 1.00 e. The minimum absolute atomic E-state index is 0. The number of aliphatic carboxylic acids is 1. The fourth-order valence-electron chi connectivity index (χ4n) is 3.18. The van der Waals surface area contributed by atoms with Crippen LogP contribution in [0.3, 0.4) is 0 Å². The standard InChI is InChI=1S/C25H24Cl2FNO3S.Na/c26-20-5-3-6-21(27)25(20)33-16-19-11-13-23(22(29-19)12-14-24(30)31)32-15-2-1-4-17-7-9-18(28)10-8-17;/h3,5-11,13H,1-2,4,12,14-16H2,(H,30,31);/q;+1/p-1. The normalized spacial score (nSPS) is 10.6. The third-order valence-electron chi connectivity index (χ3n) is 4.87. The van der Waals surface area contributed by atoms with Gasteiger partial charge >= 0.3 is 29.6 Å². The van der Waals surface area contributed by atoms with Gasteiger partial charge < -0.3 is 14.6 Å². The molecule has 3 rings (SSSR count). The van der Waals surface area contributed by atoms with Gasteiger partial charge in [-0.3, -0.25) is 4.98 Å². The molecule has 0 fully saturated rings. The first-order valence-corrected chi connectivity index (χ1v) is 12.3. The molecule has 2 aromatic carbocycles. The van der Waals surface area contributed by atoms with Crippen LogP contribution >= 0.6 is 35.0 Å². The summed E-state index contributed by atoms with van der Waals surface area (Å²) in [5.41, 5.74) is 2.43. The zero-order valence-electron chi connectivity index (χ0n) is 18.9. The van der Waals surface area contributed by atoms with Crippen molar-refractivity contribution in [3.8, 4) is 5.75 Å². The molecule has 1 aromatic heterocycles. The molecule has 0 radical (unpaired) electrons. The Labute approximate surface area is 235 Å². The summed E-state index contributed by atoms with van der Waals surface area (Å²) < 4.78 is 18.9. The van der Waals surface area contributed by atoms with Crippen molar-refractivity contribution in [1.29, 1.82) is 0 Å². The zero-order valence-corrected chi connectivity index (χ0v) is 23.2. The number of benzene rings is 2. The molecule has 0 amide bonds. The number of unbranched alkanes of at least 4 members (excludes halogenated alkanes) is 1. The van der Waals surface area contributed by atoms with Gasteiger partial charge in [-0.05, 0) is 74.1 Å². The molecule has 0 atom stereocenters. The van der Waals surface area contributed by atoms with Crippen LogP contribution in [0.15, 0.2) is 59.5 Å². The van der Waals surface area contributed by atoms with E-state index in [1.54, 1.807) is 30.3 Å². The van der Waals surface area contributed by atoms with E-state index in [0.717, 1.165) is 35.4 Å². The summed E-state index contributed by atoms with van der Waals surface area (Å²) >= 11 is 13.9. The average Bonchev–Trinajstić information content (AvgIpc) is 2.79. The van der Waals surface area contributed by atoms with Crippen LogP contribution in [0.4, 0.5) is 4.39 Å². The number of hydrogen-bond donors (Lipinski definition) is 0. The summed E-state index contributed by atoms with van der Waals surface area (Å²) in [4.78, 5) is 16.4. The van der Waals surface area contributed by atoms with Crippen LogP contribution in [-0.2, 0) is 23.4 Å². The Morgan fingerprint density at radius 1 is 1.00 bits per heavy atom. The van der Waals surface area contributed by atoms with Crippen LogP contribution in [0.2, 0.25) is 10.0 Å². The minimum Gasteiger partial charge on any atom is -0.550 e. The van der Waals surface area contributed by atoms with E-state index in [9.17, 15) is 14.3 Å². The van der Waals surface area contributed by atoms with Crippen LogP contribution < -0.4 is 39.4 Å². The van der Waals surface area contributed by atoms with Crippen molar-refractivity contribution in [1.82, 2.24) is 4.98 Å². The van der Waals surface area contributed by atoms with E-state index in [4.69, 9.17) is 27.9 Å². The number of carbonyl (C=O) groups excluding carboxylic acids is 1. The number of thioether (sulfide) groups is 1. The first-order chi connectivity index (χ1) is 15.9. The predicted molar refractivity (Wildman–Crippen MR) is 128 cm³/mol. The van der Waals surface area contributed by atoms with Crippen LogP contribution in [0.1, 0.15) is 36.2 Å². The third-order valence-corrected chi connectivity index (χ3v) is 6.89. The Kier molecular flexibility index (Phi) is 12.7. The zero-order chi connectivity index (χ0) is 23.6. The Morgan fingerprint density at radius 3 is 2.38 bits per heavy atom. The van der Waals surface area contributed by atoms with Crippen molar-refractivity contribution in [2.24, 2.45) is 0 Å². The van der Waals surface area contributed by atoms with E-state index in [2.05, 4.69) is 4.98 Å². The number of pyridine rings is 1. The van der Waals surface area contributed by atoms with Gasteiger partial charge in [0.25, 0.3) is 0 Å². The number of nitrogens with zero attached hydrogens (tertiary/aromatic N) is 1. The van der Waals surface area contributed by atoms with Gasteiger partial charge in [-0.15, -0.1) is 11.8 Å². The first-order valence-electron chi connectivity index (χ1n) is 10.5. The van der Waals surface area contributed by atoms with E-state index >= 15 is 0 Å². The van der Waals surface area contributed by atoms with Crippen LogP contribution in [0, 0.1) is 5.82 Å². The number of carbonyl (C=O) groups is 1. The number of rotatable bonds is 12. The van der Waals surface area contributed by atoms with Crippen LogP contribution in [0.5, 0.6) is 5.75 Å². The molecular weight excluding hydrogens is 507 g/mol. The van der Waals surface area contributed by atoms with E-state index in [1.165, 1.54) is 23.9 Å². The van der Waals surface area contributed by atoms with Crippen LogP contribution in [0.25, 0.3) is 0 Å². The molecule has 0 aliphatic heterocycles. The summed E-state index contributed by atoms with van der Waals surface area (Å²) in [6.45, 7) is 0.477. The monoisotopic (exact) mass is 529 g/mol. The van der Waals surface area contributed by atoms with Gasteiger partial charge in [0.15, 0.2) is 0 Å². The van der Waals surface area contributed by atoms with E-state index in [-0.39, 0.29) is 48.2 Å². The van der Waals surface area contributed by atoms with Gasteiger partial charge in [-0.1, -0.05) is 41.4 Å². The summed E-state index contributed by atoms with van der Waals surface area (Å²) in [5.74, 6) is -0.276. The molecule has 0 saturated carbocycles. The Hall–Kier alpha value is -1.28. The van der Waals surface area contributed by atoms with Crippen molar-refractivity contribution >= 4 is 40.9 Å². The maximum atomic E-state index is 13.0. The molecule has 0 N–H and O–H groups in total. The van der Waals surface area contributed by atoms with Gasteiger partial charge in [-0.25, -0.2) is 4.39 Å². The molecule has 1 heterocycles. The van der Waals surface area contributed by atoms with Crippen molar-refractivity contribution in [3.63, 3.8) is 0 Å². The molecule has 0 aliphatic rings. The smallest absolute Gasteiger partial charge is 0.550 e. The molecule has 4 nitrogen and oxygen atoms in total. The largest absolute Gasteiger partial charge is 1.00 e. The molecule has 9 heteroatoms. The topological polar surface area (TPSA) is 62.2 Å². The van der Waals surface area contributed by atoms with Gasteiger partial charge in [0.1, 0.15) is 11.6 Å². The van der Waals surface area contributed by atoms with Gasteiger partial charge in [0.2, 0.25) is 0 Å². The molecule has 0 unspecified atom stereocenters. The summed E-state index contributed by atoms with van der Waals surface area (Å²) in [5, 5.41) is 12.1. The molecular formula is C25H23Cl2FNNaO3S. The predicted octanol–water partition coefficient (Wildman–Crippen LogP) is 2.91. The third kappa shape index (κ3) is 9.40. The number of carboxylic acid groups (broad SMARTS) is 1. The number of halogens is 3. The van der Waals surface area contributed by atoms with Gasteiger partial charge in [-0.2, -0.15) is 0 Å². The molecule has 174 valence electrons. The number of ether oxygens (including phenoxy) is 1. The number of aryl methyl sites for hydroxylation is 2. The van der Waals surface area contributed by atoms with E-state index in [0.29, 0.717) is 33.8 Å². The quantitative estimate of drug-likeness (QED) is 0.205. The van der Waals surface area contributed by atoms with Crippen LogP contribution in [-0.4, -0.2) is 17.6 Å². The van der Waals surface area contributed by atoms with E-state index < -0.39 is 5.97 Å². The molecule has 0 spiro atoms. The molecule has 0 saturated heterocycles. The second kappa shape index (κ2) is 15.0. The second-order valence-corrected chi connectivity index (χ2v) is 9.19. The SMILES string of the molecule is O=C([O-])CCc1nc(CSc2c(Cl)cccc2Cl)ccc1OCCCCc1ccc(F)cc1.[Na+]. The molecule has 34 heavy (non-hydrogen) atoms. The van der Waals surface area contributed by atoms with Crippen molar-refractivity contribution in [3.05, 3.63) is 87.4 Å². The Morgan fingerprint density at radius 2 is 1.71 bits per heavy atom. The van der Waals surface area contributed by atoms with Crippen molar-refractivity contribution < 1.29 is 48.6 Å². The van der Waals surface area contributed by atoms with Gasteiger partial charge in [0.05, 0.1) is 28.0 Å². The fourth-order valence-corrected chi connectivity index (χ4v) is 4.77. The minimum atomic E-state index is -1.13. The Balaban J connectivity index is 0.00000408. The second-order valence-electron chi connectivity index (χ2n) is 7.39. The average molecular weight is 530 g/mol. The van der Waals surface area contributed by atoms with Gasteiger partial charge in [0, 0.05) is 16.6 Å². The molecule has 0 bridgehead atoms. The molecule has 0 aliphatic carbocycles. The summed E-state index contributed by atoms with van der Waals surface area (Å²) in [6.07, 6.45) is 2.61. The van der Waals surface area contributed by atoms with Crippen molar-refractivity contribution in [2.45, 2.75) is 42.8 Å². The van der Waals surface area contributed by atoms with E-state index in [1.807, 2.05) is 12.1 Å². The summed E-state index contributed by atoms with van der Waals surface area (Å²) in [7, 11) is 0. The Bertz CT molecular complexity index is 1070. The number of carboxylic acids is 1. The number of aromatic nitrogens is 1. The first kappa shape index (κ1) is 29.0.